The van der Waals surface area contributed by atoms with E-state index in [-0.39, 0.29) is 11.9 Å². The van der Waals surface area contributed by atoms with Crippen molar-refractivity contribution in [3.63, 3.8) is 0 Å². The molecule has 0 N–H and O–H groups in total. The molecule has 1 saturated heterocycles. The number of nitrogens with zero attached hydrogens (tertiary/aromatic N) is 1. The summed E-state index contributed by atoms with van der Waals surface area (Å²) in [5.41, 5.74) is 1.63. The molecule has 2 aliphatic rings. The Morgan fingerprint density at radius 3 is 2.58 bits per heavy atom. The van der Waals surface area contributed by atoms with Crippen LogP contribution in [0.5, 0.6) is 11.5 Å². The van der Waals surface area contributed by atoms with E-state index in [4.69, 9.17) is 32.7 Å². The average molecular weight is 392 g/mol. The SMILES string of the molecule is O=C(c1ccc(Cl)c(Cl)c1)N1CCC[C@@H]1c1ccc2c(c1)OCCCO2. The number of amides is 1. The van der Waals surface area contributed by atoms with Crippen molar-refractivity contribution in [2.75, 3.05) is 19.8 Å². The van der Waals surface area contributed by atoms with E-state index in [0.717, 1.165) is 42.9 Å². The number of carbonyl (C=O) groups is 1. The second-order valence-electron chi connectivity index (χ2n) is 6.54. The average Bonchev–Trinajstić information content (AvgIpc) is 3.02. The number of carbonyl (C=O) groups excluding carboxylic acids is 1. The van der Waals surface area contributed by atoms with E-state index in [9.17, 15) is 4.79 Å². The smallest absolute Gasteiger partial charge is 0.254 e. The van der Waals surface area contributed by atoms with E-state index in [2.05, 4.69) is 0 Å². The zero-order valence-electron chi connectivity index (χ0n) is 14.2. The second-order valence-corrected chi connectivity index (χ2v) is 7.36. The molecule has 4 rings (SSSR count). The van der Waals surface area contributed by atoms with E-state index >= 15 is 0 Å². The lowest BCUT2D eigenvalue weighted by Gasteiger charge is -2.26. The number of halogens is 2. The van der Waals surface area contributed by atoms with E-state index in [1.807, 2.05) is 23.1 Å². The Balaban J connectivity index is 1.61. The zero-order chi connectivity index (χ0) is 18.1. The molecular formula is C20H19Cl2NO3. The Morgan fingerprint density at radius 1 is 0.962 bits per heavy atom. The molecule has 1 fully saturated rings. The molecule has 0 saturated carbocycles. The molecule has 2 aliphatic heterocycles. The number of hydrogen-bond acceptors (Lipinski definition) is 3. The maximum atomic E-state index is 13.0. The van der Waals surface area contributed by atoms with Crippen molar-refractivity contribution in [3.8, 4) is 11.5 Å². The molecule has 0 aliphatic carbocycles. The van der Waals surface area contributed by atoms with Gasteiger partial charge in [-0.05, 0) is 48.7 Å². The molecule has 2 aromatic rings. The Kier molecular flexibility index (Phi) is 4.96. The van der Waals surface area contributed by atoms with Crippen molar-refractivity contribution in [1.82, 2.24) is 4.90 Å². The Bertz CT molecular complexity index is 840. The van der Waals surface area contributed by atoms with Gasteiger partial charge in [0.05, 0.1) is 29.3 Å². The molecule has 2 aromatic carbocycles. The number of benzene rings is 2. The fourth-order valence-corrected chi connectivity index (χ4v) is 3.84. The summed E-state index contributed by atoms with van der Waals surface area (Å²) < 4.78 is 11.5. The molecule has 0 aromatic heterocycles. The van der Waals surface area contributed by atoms with Crippen LogP contribution in [0.15, 0.2) is 36.4 Å². The number of likely N-dealkylation sites (tertiary alicyclic amines) is 1. The lowest BCUT2D eigenvalue weighted by Crippen LogP contribution is -2.30. The molecule has 0 spiro atoms. The summed E-state index contributed by atoms with van der Waals surface area (Å²) in [6.07, 6.45) is 2.76. The van der Waals surface area contributed by atoms with E-state index < -0.39 is 0 Å². The standard InChI is InChI=1S/C20H19Cl2NO3/c21-15-6-4-14(11-16(15)22)20(24)23-8-1-3-17(23)13-5-7-18-19(12-13)26-10-2-9-25-18/h4-7,11-12,17H,1-3,8-10H2/t17-/m1/s1. The lowest BCUT2D eigenvalue weighted by atomic mass is 10.0. The summed E-state index contributed by atoms with van der Waals surface area (Å²) in [5.74, 6) is 1.50. The molecule has 4 nitrogen and oxygen atoms in total. The molecule has 0 unspecified atom stereocenters. The first-order valence-electron chi connectivity index (χ1n) is 8.79. The number of rotatable bonds is 2. The van der Waals surface area contributed by atoms with Crippen LogP contribution in [0.4, 0.5) is 0 Å². The Hall–Kier alpha value is -1.91. The maximum absolute atomic E-state index is 13.0. The van der Waals surface area contributed by atoms with Gasteiger partial charge in [0.2, 0.25) is 0 Å². The van der Waals surface area contributed by atoms with Crippen LogP contribution in [0.3, 0.4) is 0 Å². The number of hydrogen-bond donors (Lipinski definition) is 0. The Morgan fingerprint density at radius 2 is 1.77 bits per heavy atom. The topological polar surface area (TPSA) is 38.8 Å². The van der Waals surface area contributed by atoms with Crippen molar-refractivity contribution in [1.29, 1.82) is 0 Å². The van der Waals surface area contributed by atoms with Crippen LogP contribution < -0.4 is 9.47 Å². The van der Waals surface area contributed by atoms with E-state index in [0.29, 0.717) is 28.8 Å². The molecule has 6 heteroatoms. The fourth-order valence-electron chi connectivity index (χ4n) is 3.54. The molecule has 0 bridgehead atoms. The highest BCUT2D eigenvalue weighted by Gasteiger charge is 2.31. The predicted octanol–water partition coefficient (Wildman–Crippen LogP) is 5.13. The van der Waals surface area contributed by atoms with Gasteiger partial charge < -0.3 is 14.4 Å². The third-order valence-electron chi connectivity index (χ3n) is 4.84. The summed E-state index contributed by atoms with van der Waals surface area (Å²) in [7, 11) is 0. The predicted molar refractivity (Wildman–Crippen MR) is 102 cm³/mol. The van der Waals surface area contributed by atoms with Crippen molar-refractivity contribution >= 4 is 29.1 Å². The van der Waals surface area contributed by atoms with E-state index in [1.54, 1.807) is 18.2 Å². The van der Waals surface area contributed by atoms with Gasteiger partial charge in [-0.15, -0.1) is 0 Å². The highest BCUT2D eigenvalue weighted by atomic mass is 35.5. The normalized spacial score (nSPS) is 19.3. The summed E-state index contributed by atoms with van der Waals surface area (Å²) in [4.78, 5) is 14.9. The van der Waals surface area contributed by atoms with Gasteiger partial charge in [-0.25, -0.2) is 0 Å². The molecule has 2 heterocycles. The van der Waals surface area contributed by atoms with Crippen LogP contribution >= 0.6 is 23.2 Å². The third kappa shape index (κ3) is 3.36. The first kappa shape index (κ1) is 17.5. The summed E-state index contributed by atoms with van der Waals surface area (Å²) >= 11 is 12.0. The monoisotopic (exact) mass is 391 g/mol. The molecule has 1 amide bonds. The van der Waals surface area contributed by atoms with Crippen LogP contribution in [0.25, 0.3) is 0 Å². The van der Waals surface area contributed by atoms with Gasteiger partial charge in [0.15, 0.2) is 11.5 Å². The zero-order valence-corrected chi connectivity index (χ0v) is 15.7. The van der Waals surface area contributed by atoms with Crippen LogP contribution in [-0.2, 0) is 0 Å². The third-order valence-corrected chi connectivity index (χ3v) is 5.58. The van der Waals surface area contributed by atoms with Gasteiger partial charge in [-0.1, -0.05) is 29.3 Å². The lowest BCUT2D eigenvalue weighted by molar-refractivity contribution is 0.0735. The van der Waals surface area contributed by atoms with E-state index in [1.165, 1.54) is 0 Å². The molecule has 26 heavy (non-hydrogen) atoms. The summed E-state index contributed by atoms with van der Waals surface area (Å²) in [6.45, 7) is 2.03. The van der Waals surface area contributed by atoms with Crippen molar-refractivity contribution in [3.05, 3.63) is 57.6 Å². The van der Waals surface area contributed by atoms with Crippen LogP contribution in [-0.4, -0.2) is 30.6 Å². The summed E-state index contributed by atoms with van der Waals surface area (Å²) in [5, 5.41) is 0.841. The highest BCUT2D eigenvalue weighted by Crippen LogP contribution is 2.38. The highest BCUT2D eigenvalue weighted by molar-refractivity contribution is 6.42. The van der Waals surface area contributed by atoms with Gasteiger partial charge in [0, 0.05) is 18.5 Å². The number of fused-ring (bicyclic) bond motifs is 1. The van der Waals surface area contributed by atoms with Crippen LogP contribution in [0, 0.1) is 0 Å². The molecule has 0 radical (unpaired) electrons. The minimum absolute atomic E-state index is 0.0223. The molecular weight excluding hydrogens is 373 g/mol. The summed E-state index contributed by atoms with van der Waals surface area (Å²) in [6, 6.07) is 11.0. The molecule has 1 atom stereocenters. The number of ether oxygens (including phenoxy) is 2. The minimum Gasteiger partial charge on any atom is -0.490 e. The van der Waals surface area contributed by atoms with Crippen LogP contribution in [0.1, 0.15) is 41.2 Å². The maximum Gasteiger partial charge on any atom is 0.254 e. The van der Waals surface area contributed by atoms with Gasteiger partial charge in [-0.3, -0.25) is 4.79 Å². The van der Waals surface area contributed by atoms with Crippen molar-refractivity contribution < 1.29 is 14.3 Å². The minimum atomic E-state index is -0.0295. The van der Waals surface area contributed by atoms with Gasteiger partial charge in [-0.2, -0.15) is 0 Å². The quantitative estimate of drug-likeness (QED) is 0.711. The van der Waals surface area contributed by atoms with Crippen LogP contribution in [0.2, 0.25) is 10.0 Å². The first-order chi connectivity index (χ1) is 12.6. The largest absolute Gasteiger partial charge is 0.490 e. The van der Waals surface area contributed by atoms with Gasteiger partial charge >= 0.3 is 0 Å². The van der Waals surface area contributed by atoms with Crippen molar-refractivity contribution in [2.24, 2.45) is 0 Å². The first-order valence-corrected chi connectivity index (χ1v) is 9.54. The Labute approximate surface area is 162 Å². The van der Waals surface area contributed by atoms with Crippen molar-refractivity contribution in [2.45, 2.75) is 25.3 Å². The molecule has 136 valence electrons. The second kappa shape index (κ2) is 7.37. The van der Waals surface area contributed by atoms with Gasteiger partial charge in [0.1, 0.15) is 0 Å². The fraction of sp³-hybridized carbons (Fsp3) is 0.350. The van der Waals surface area contributed by atoms with Gasteiger partial charge in [0.25, 0.3) is 5.91 Å².